The van der Waals surface area contributed by atoms with E-state index in [2.05, 4.69) is 61.3 Å². The fourth-order valence-corrected chi connectivity index (χ4v) is 4.53. The average molecular weight is 493 g/mol. The Bertz CT molecular complexity index is 1210. The van der Waals surface area contributed by atoms with Crippen molar-refractivity contribution in [2.75, 3.05) is 4.90 Å². The van der Waals surface area contributed by atoms with Crippen molar-refractivity contribution in [2.45, 2.75) is 65.8 Å². The molecule has 192 valence electrons. The van der Waals surface area contributed by atoms with Crippen LogP contribution in [0.4, 0.5) is 5.69 Å². The maximum Gasteiger partial charge on any atom is 0.227 e. The highest BCUT2D eigenvalue weighted by atomic mass is 16.2. The third-order valence-electron chi connectivity index (χ3n) is 6.59. The monoisotopic (exact) mass is 492 g/mol. The molecular weight excluding hydrogens is 452 g/mol. The number of fused-ring (bicyclic) bond motifs is 1. The third kappa shape index (κ3) is 8.42. The minimum Gasteiger partial charge on any atom is -0.308 e. The van der Waals surface area contributed by atoms with Crippen LogP contribution in [0.1, 0.15) is 67.3 Å². The van der Waals surface area contributed by atoms with Crippen molar-refractivity contribution < 1.29 is 4.79 Å². The predicted octanol–water partition coefficient (Wildman–Crippen LogP) is 8.32. The molecule has 1 aromatic heterocycles. The second-order valence-electron chi connectivity index (χ2n) is 9.30. The summed E-state index contributed by atoms with van der Waals surface area (Å²) < 4.78 is 0. The zero-order valence-corrected chi connectivity index (χ0v) is 22.7. The van der Waals surface area contributed by atoms with Crippen molar-refractivity contribution in [3.8, 4) is 0 Å². The number of rotatable bonds is 6. The summed E-state index contributed by atoms with van der Waals surface area (Å²) in [4.78, 5) is 19.3. The fraction of sp³-hybridized carbons (Fsp3) is 0.294. The summed E-state index contributed by atoms with van der Waals surface area (Å²) in [6, 6.07) is 31.0. The van der Waals surface area contributed by atoms with Gasteiger partial charge < -0.3 is 4.90 Å². The molecule has 0 fully saturated rings. The van der Waals surface area contributed by atoms with Gasteiger partial charge in [0.25, 0.3) is 0 Å². The largest absolute Gasteiger partial charge is 0.308 e. The van der Waals surface area contributed by atoms with Crippen LogP contribution >= 0.6 is 0 Å². The number of aryl methyl sites for hydroxylation is 3. The molecule has 1 aliphatic carbocycles. The summed E-state index contributed by atoms with van der Waals surface area (Å²) in [6.07, 6.45) is 7.20. The topological polar surface area (TPSA) is 33.2 Å². The quantitative estimate of drug-likeness (QED) is 0.271. The second-order valence-corrected chi connectivity index (χ2v) is 9.30. The molecule has 1 aliphatic rings. The maximum absolute atomic E-state index is 13.2. The van der Waals surface area contributed by atoms with Gasteiger partial charge in [0.15, 0.2) is 0 Å². The van der Waals surface area contributed by atoms with Gasteiger partial charge in [0.2, 0.25) is 5.91 Å². The molecule has 37 heavy (non-hydrogen) atoms. The first-order valence-corrected chi connectivity index (χ1v) is 13.5. The van der Waals surface area contributed by atoms with Crippen molar-refractivity contribution >= 4 is 11.6 Å². The Morgan fingerprint density at radius 1 is 0.892 bits per heavy atom. The molecule has 1 heterocycles. The third-order valence-corrected chi connectivity index (χ3v) is 6.59. The van der Waals surface area contributed by atoms with Gasteiger partial charge in [-0.15, -0.1) is 0 Å². The van der Waals surface area contributed by atoms with Crippen molar-refractivity contribution in [2.24, 2.45) is 0 Å². The molecular formula is C34H40N2O. The van der Waals surface area contributed by atoms with Crippen molar-refractivity contribution in [1.82, 2.24) is 4.98 Å². The summed E-state index contributed by atoms with van der Waals surface area (Å²) in [5.41, 5.74) is 7.37. The predicted molar refractivity (Wildman–Crippen MR) is 156 cm³/mol. The van der Waals surface area contributed by atoms with E-state index >= 15 is 0 Å². The van der Waals surface area contributed by atoms with Gasteiger partial charge in [-0.3, -0.25) is 9.78 Å². The van der Waals surface area contributed by atoms with Gasteiger partial charge in [-0.1, -0.05) is 99.1 Å². The van der Waals surface area contributed by atoms with Crippen LogP contribution in [0, 0.1) is 6.92 Å². The number of carbonyl (C=O) groups is 1. The van der Waals surface area contributed by atoms with Gasteiger partial charge in [-0.2, -0.15) is 0 Å². The highest BCUT2D eigenvalue weighted by Crippen LogP contribution is 2.35. The SMILES string of the molecule is CC.CC1CCc2ccc(N(Cc3cccnc3)C(=O)CCc3ccccc3)cc21.Cc1ccccc1. The van der Waals surface area contributed by atoms with Gasteiger partial charge in [-0.05, 0) is 72.6 Å². The van der Waals surface area contributed by atoms with E-state index < -0.39 is 0 Å². The smallest absolute Gasteiger partial charge is 0.227 e. The Labute approximate surface area is 223 Å². The molecule has 1 amide bonds. The zero-order chi connectivity index (χ0) is 26.5. The van der Waals surface area contributed by atoms with E-state index in [1.807, 2.05) is 73.5 Å². The maximum atomic E-state index is 13.2. The number of benzene rings is 3. The Morgan fingerprint density at radius 3 is 2.19 bits per heavy atom. The molecule has 3 aromatic carbocycles. The van der Waals surface area contributed by atoms with E-state index in [0.717, 1.165) is 24.1 Å². The molecule has 0 saturated carbocycles. The lowest BCUT2D eigenvalue weighted by Crippen LogP contribution is -2.30. The standard InChI is InChI=1S/C25H26N2O.C7H8.C2H6/c1-19-9-11-22-12-13-23(16-24(19)22)27(18-21-8-5-15-26-17-21)25(28)14-10-20-6-3-2-4-7-20;1-7-5-3-2-4-6-7;1-2/h2-8,12-13,15-17,19H,9-11,14,18H2,1H3;2-6H,1H3;1-2H3. The van der Waals surface area contributed by atoms with Crippen LogP contribution in [0.25, 0.3) is 0 Å². The number of nitrogens with zero attached hydrogens (tertiary/aromatic N) is 2. The first kappa shape index (κ1) is 27.9. The Balaban J connectivity index is 0.000000361. The lowest BCUT2D eigenvalue weighted by molar-refractivity contribution is -0.118. The molecule has 3 nitrogen and oxygen atoms in total. The van der Waals surface area contributed by atoms with Crippen LogP contribution in [0.15, 0.2) is 103 Å². The highest BCUT2D eigenvalue weighted by molar-refractivity contribution is 5.93. The van der Waals surface area contributed by atoms with E-state index in [0.29, 0.717) is 18.9 Å². The minimum absolute atomic E-state index is 0.151. The van der Waals surface area contributed by atoms with Crippen LogP contribution in [0.3, 0.4) is 0 Å². The molecule has 0 spiro atoms. The van der Waals surface area contributed by atoms with E-state index in [4.69, 9.17) is 0 Å². The van der Waals surface area contributed by atoms with E-state index in [-0.39, 0.29) is 5.91 Å². The summed E-state index contributed by atoms with van der Waals surface area (Å²) in [5, 5.41) is 0. The highest BCUT2D eigenvalue weighted by Gasteiger charge is 2.22. The summed E-state index contributed by atoms with van der Waals surface area (Å²) >= 11 is 0. The van der Waals surface area contributed by atoms with Gasteiger partial charge >= 0.3 is 0 Å². The van der Waals surface area contributed by atoms with Gasteiger partial charge in [-0.25, -0.2) is 0 Å². The van der Waals surface area contributed by atoms with Crippen LogP contribution in [0.5, 0.6) is 0 Å². The molecule has 0 aliphatic heterocycles. The molecule has 4 aromatic rings. The number of pyridine rings is 1. The molecule has 0 bridgehead atoms. The van der Waals surface area contributed by atoms with E-state index in [1.54, 1.807) is 6.20 Å². The Kier molecular flexibility index (Phi) is 11.1. The Hall–Kier alpha value is -3.72. The molecule has 0 N–H and O–H groups in total. The number of carbonyl (C=O) groups excluding carboxylic acids is 1. The van der Waals surface area contributed by atoms with Crippen molar-refractivity contribution in [3.63, 3.8) is 0 Å². The number of amides is 1. The minimum atomic E-state index is 0.151. The summed E-state index contributed by atoms with van der Waals surface area (Å²) in [6.45, 7) is 8.91. The molecule has 5 rings (SSSR count). The van der Waals surface area contributed by atoms with Crippen LogP contribution < -0.4 is 4.90 Å². The number of aromatic nitrogens is 1. The van der Waals surface area contributed by atoms with Gasteiger partial charge in [0.05, 0.1) is 6.54 Å². The number of hydrogen-bond acceptors (Lipinski definition) is 2. The lowest BCUT2D eigenvalue weighted by atomic mass is 10.0. The molecule has 0 saturated heterocycles. The Morgan fingerprint density at radius 2 is 1.57 bits per heavy atom. The molecule has 3 heteroatoms. The second kappa shape index (κ2) is 14.7. The van der Waals surface area contributed by atoms with Crippen LogP contribution in [-0.2, 0) is 24.2 Å². The van der Waals surface area contributed by atoms with E-state index in [9.17, 15) is 4.79 Å². The molecule has 1 atom stereocenters. The van der Waals surface area contributed by atoms with Gasteiger partial charge in [0.1, 0.15) is 0 Å². The first-order chi connectivity index (χ1) is 18.1. The van der Waals surface area contributed by atoms with E-state index in [1.165, 1.54) is 28.7 Å². The molecule has 1 unspecified atom stereocenters. The first-order valence-electron chi connectivity index (χ1n) is 13.5. The van der Waals surface area contributed by atoms with Gasteiger partial charge in [0, 0.05) is 24.5 Å². The summed E-state index contributed by atoms with van der Waals surface area (Å²) in [7, 11) is 0. The molecule has 0 radical (unpaired) electrons. The van der Waals surface area contributed by atoms with Crippen LogP contribution in [-0.4, -0.2) is 10.9 Å². The van der Waals surface area contributed by atoms with Crippen molar-refractivity contribution in [3.05, 3.63) is 131 Å². The number of hydrogen-bond donors (Lipinski definition) is 0. The van der Waals surface area contributed by atoms with Crippen LogP contribution in [0.2, 0.25) is 0 Å². The fourth-order valence-electron chi connectivity index (χ4n) is 4.53. The summed E-state index contributed by atoms with van der Waals surface area (Å²) in [5.74, 6) is 0.716. The lowest BCUT2D eigenvalue weighted by Gasteiger charge is -2.24. The number of anilines is 1. The average Bonchev–Trinajstić information content (AvgIpc) is 3.33. The normalized spacial score (nSPS) is 13.4. The van der Waals surface area contributed by atoms with Crippen molar-refractivity contribution in [1.29, 1.82) is 0 Å². The zero-order valence-electron chi connectivity index (χ0n) is 22.7.